The number of nitrogens with zero attached hydrogens (tertiary/aromatic N) is 2. The number of carbonyl (C=O) groups excluding carboxylic acids is 2. The number of benzene rings is 1. The Hall–Kier alpha value is -1.79. The molecule has 0 radical (unpaired) electrons. The minimum absolute atomic E-state index is 0.185. The van der Waals surface area contributed by atoms with Gasteiger partial charge in [0.1, 0.15) is 5.75 Å². The molecule has 1 aromatic rings. The second-order valence-electron chi connectivity index (χ2n) is 5.71. The Morgan fingerprint density at radius 2 is 2.00 bits per heavy atom. The predicted octanol–water partition coefficient (Wildman–Crippen LogP) is 3.17. The zero-order valence-corrected chi connectivity index (χ0v) is 14.0. The number of likely N-dealkylation sites (tertiary alicyclic amines) is 1. The van der Waals surface area contributed by atoms with Crippen molar-refractivity contribution < 1.29 is 14.3 Å². The number of amides is 2. The van der Waals surface area contributed by atoms with Gasteiger partial charge in [-0.3, -0.25) is 19.4 Å². The lowest BCUT2D eigenvalue weighted by atomic mass is 10.1. The molecule has 0 aliphatic carbocycles. The maximum Gasteiger partial charge on any atom is 0.294 e. The van der Waals surface area contributed by atoms with Crippen LogP contribution in [-0.2, 0) is 4.79 Å². The van der Waals surface area contributed by atoms with Crippen LogP contribution in [0.5, 0.6) is 5.75 Å². The quantitative estimate of drug-likeness (QED) is 0.793. The first-order valence-corrected chi connectivity index (χ1v) is 8.61. The van der Waals surface area contributed by atoms with Crippen molar-refractivity contribution in [1.29, 1.82) is 0 Å². The molecule has 2 heterocycles. The highest BCUT2D eigenvalue weighted by atomic mass is 32.2. The maximum atomic E-state index is 12.5. The summed E-state index contributed by atoms with van der Waals surface area (Å²) in [7, 11) is 1.60. The molecule has 3 rings (SSSR count). The molecule has 2 fully saturated rings. The van der Waals surface area contributed by atoms with Crippen LogP contribution < -0.4 is 4.74 Å². The molecule has 23 heavy (non-hydrogen) atoms. The summed E-state index contributed by atoms with van der Waals surface area (Å²) in [6.07, 6.45) is 5.25. The molecule has 5 nitrogen and oxygen atoms in total. The third kappa shape index (κ3) is 3.76. The molecule has 0 aromatic heterocycles. The van der Waals surface area contributed by atoms with E-state index >= 15 is 0 Å². The van der Waals surface area contributed by atoms with Crippen LogP contribution in [0, 0.1) is 0 Å². The van der Waals surface area contributed by atoms with Gasteiger partial charge in [0.25, 0.3) is 11.1 Å². The number of ether oxygens (including phenoxy) is 1. The van der Waals surface area contributed by atoms with Gasteiger partial charge in [0, 0.05) is 0 Å². The van der Waals surface area contributed by atoms with Crippen molar-refractivity contribution in [2.24, 2.45) is 0 Å². The van der Waals surface area contributed by atoms with Crippen molar-refractivity contribution in [3.63, 3.8) is 0 Å². The minimum Gasteiger partial charge on any atom is -0.497 e. The van der Waals surface area contributed by atoms with Gasteiger partial charge in [-0.2, -0.15) is 0 Å². The molecule has 1 aromatic carbocycles. The van der Waals surface area contributed by atoms with E-state index in [0.717, 1.165) is 49.0 Å². The fourth-order valence-electron chi connectivity index (χ4n) is 2.81. The molecule has 2 aliphatic heterocycles. The smallest absolute Gasteiger partial charge is 0.294 e. The van der Waals surface area contributed by atoms with Crippen LogP contribution in [0.4, 0.5) is 4.79 Å². The number of hydrogen-bond acceptors (Lipinski definition) is 5. The van der Waals surface area contributed by atoms with Gasteiger partial charge in [-0.05, 0) is 61.5 Å². The number of piperidine rings is 1. The van der Waals surface area contributed by atoms with Crippen LogP contribution in [0.15, 0.2) is 29.2 Å². The average Bonchev–Trinajstić information content (AvgIpc) is 2.83. The Morgan fingerprint density at radius 3 is 2.74 bits per heavy atom. The van der Waals surface area contributed by atoms with E-state index in [9.17, 15) is 9.59 Å². The number of imide groups is 1. The number of carbonyl (C=O) groups is 2. The monoisotopic (exact) mass is 332 g/mol. The predicted molar refractivity (Wildman–Crippen MR) is 91.1 cm³/mol. The van der Waals surface area contributed by atoms with E-state index in [2.05, 4.69) is 4.90 Å². The van der Waals surface area contributed by atoms with Gasteiger partial charge in [-0.15, -0.1) is 0 Å². The lowest BCUT2D eigenvalue weighted by molar-refractivity contribution is -0.124. The Labute approximate surface area is 140 Å². The molecular weight excluding hydrogens is 312 g/mol. The first-order chi connectivity index (χ1) is 11.2. The highest BCUT2D eigenvalue weighted by molar-refractivity contribution is 8.18. The van der Waals surface area contributed by atoms with E-state index in [1.165, 1.54) is 11.3 Å². The third-order valence-electron chi connectivity index (χ3n) is 4.06. The van der Waals surface area contributed by atoms with Gasteiger partial charge in [-0.25, -0.2) is 0 Å². The zero-order valence-electron chi connectivity index (χ0n) is 13.2. The van der Waals surface area contributed by atoms with Gasteiger partial charge in [0.15, 0.2) is 0 Å². The van der Waals surface area contributed by atoms with Crippen LogP contribution in [0.3, 0.4) is 0 Å². The van der Waals surface area contributed by atoms with Crippen LogP contribution >= 0.6 is 11.8 Å². The Bertz CT molecular complexity index is 638. The normalized spacial score (nSPS) is 21.3. The lowest BCUT2D eigenvalue weighted by Crippen LogP contribution is -2.42. The van der Waals surface area contributed by atoms with Crippen LogP contribution in [0.25, 0.3) is 6.08 Å². The second-order valence-corrected chi connectivity index (χ2v) is 6.70. The van der Waals surface area contributed by atoms with E-state index in [0.29, 0.717) is 11.6 Å². The molecule has 2 aliphatic rings. The highest BCUT2D eigenvalue weighted by Crippen LogP contribution is 2.33. The second kappa shape index (κ2) is 7.19. The molecule has 0 atom stereocenters. The van der Waals surface area contributed by atoms with Crippen LogP contribution in [-0.4, -0.2) is 47.8 Å². The Morgan fingerprint density at radius 1 is 1.22 bits per heavy atom. The SMILES string of the molecule is COc1cccc(C=C2SC(=O)N(CN3CCCCC3)C2=O)c1. The molecule has 0 unspecified atom stereocenters. The minimum atomic E-state index is -0.201. The molecule has 6 heteroatoms. The van der Waals surface area contributed by atoms with Crippen LogP contribution in [0.2, 0.25) is 0 Å². The van der Waals surface area contributed by atoms with Crippen molar-refractivity contribution in [3.05, 3.63) is 34.7 Å². The maximum absolute atomic E-state index is 12.5. The molecule has 0 spiro atoms. The molecule has 2 saturated heterocycles. The summed E-state index contributed by atoms with van der Waals surface area (Å²) < 4.78 is 5.18. The number of hydrogen-bond donors (Lipinski definition) is 0. The largest absolute Gasteiger partial charge is 0.497 e. The van der Waals surface area contributed by atoms with E-state index in [1.54, 1.807) is 13.2 Å². The van der Waals surface area contributed by atoms with Gasteiger partial charge in [0.05, 0.1) is 18.7 Å². The first kappa shape index (κ1) is 16.1. The van der Waals surface area contributed by atoms with Gasteiger partial charge >= 0.3 is 0 Å². The van der Waals surface area contributed by atoms with E-state index in [1.807, 2.05) is 24.3 Å². The summed E-state index contributed by atoms with van der Waals surface area (Å²) in [6.45, 7) is 2.31. The van der Waals surface area contributed by atoms with Gasteiger partial charge < -0.3 is 4.74 Å². The molecular formula is C17H20N2O3S. The summed E-state index contributed by atoms with van der Waals surface area (Å²) in [4.78, 5) is 28.7. The summed E-state index contributed by atoms with van der Waals surface area (Å²) >= 11 is 1.01. The van der Waals surface area contributed by atoms with E-state index in [4.69, 9.17) is 4.74 Å². The Kier molecular flexibility index (Phi) is 5.03. The van der Waals surface area contributed by atoms with Crippen molar-refractivity contribution >= 4 is 29.0 Å². The summed E-state index contributed by atoms with van der Waals surface area (Å²) in [5, 5.41) is -0.185. The number of methoxy groups -OCH3 is 1. The fourth-order valence-corrected chi connectivity index (χ4v) is 3.64. The molecule has 0 saturated carbocycles. The Balaban J connectivity index is 1.73. The van der Waals surface area contributed by atoms with E-state index < -0.39 is 0 Å². The number of rotatable bonds is 4. The average molecular weight is 332 g/mol. The topological polar surface area (TPSA) is 49.9 Å². The third-order valence-corrected chi connectivity index (χ3v) is 4.96. The first-order valence-electron chi connectivity index (χ1n) is 7.79. The summed E-state index contributed by atoms with van der Waals surface area (Å²) in [5.41, 5.74) is 0.854. The summed E-state index contributed by atoms with van der Waals surface area (Å²) in [6, 6.07) is 7.45. The van der Waals surface area contributed by atoms with Crippen LogP contribution in [0.1, 0.15) is 24.8 Å². The van der Waals surface area contributed by atoms with Crippen molar-refractivity contribution in [2.75, 3.05) is 26.9 Å². The lowest BCUT2D eigenvalue weighted by Gasteiger charge is -2.29. The van der Waals surface area contributed by atoms with Crippen molar-refractivity contribution in [1.82, 2.24) is 9.80 Å². The molecule has 122 valence electrons. The number of thioether (sulfide) groups is 1. The highest BCUT2D eigenvalue weighted by Gasteiger charge is 2.36. The van der Waals surface area contributed by atoms with Gasteiger partial charge in [0.2, 0.25) is 0 Å². The fraction of sp³-hybridized carbons (Fsp3) is 0.412. The summed E-state index contributed by atoms with van der Waals surface area (Å²) in [5.74, 6) is 0.527. The zero-order chi connectivity index (χ0) is 16.2. The van der Waals surface area contributed by atoms with Crippen molar-refractivity contribution in [3.8, 4) is 5.75 Å². The van der Waals surface area contributed by atoms with Gasteiger partial charge in [-0.1, -0.05) is 18.6 Å². The molecule has 0 N–H and O–H groups in total. The van der Waals surface area contributed by atoms with E-state index in [-0.39, 0.29) is 11.1 Å². The molecule has 2 amide bonds. The molecule has 0 bridgehead atoms. The standard InChI is InChI=1S/C17H20N2O3S/c1-22-14-7-5-6-13(10-14)11-15-16(20)19(17(21)23-15)12-18-8-3-2-4-9-18/h5-7,10-11H,2-4,8-9,12H2,1H3. The van der Waals surface area contributed by atoms with Crippen molar-refractivity contribution in [2.45, 2.75) is 19.3 Å².